The summed E-state index contributed by atoms with van der Waals surface area (Å²) in [5.41, 5.74) is 0.229. The molecule has 9 heteroatoms. The van der Waals surface area contributed by atoms with Crippen molar-refractivity contribution in [1.29, 1.82) is 0 Å². The predicted octanol–water partition coefficient (Wildman–Crippen LogP) is 6.03. The zero-order valence-corrected chi connectivity index (χ0v) is 15.5. The summed E-state index contributed by atoms with van der Waals surface area (Å²) >= 11 is 11.9. The van der Waals surface area contributed by atoms with Crippen LogP contribution < -0.4 is 14.8 Å². The predicted molar refractivity (Wildman–Crippen MR) is 102 cm³/mol. The number of anilines is 1. The van der Waals surface area contributed by atoms with Crippen molar-refractivity contribution < 1.29 is 23.0 Å². The number of rotatable bonds is 6. The topological polar surface area (TPSA) is 60.5 Å². The number of hydrogen-bond acceptors (Lipinski definition) is 4. The third-order valence-electron chi connectivity index (χ3n) is 3.46. The average Bonchev–Trinajstić information content (AvgIpc) is 2.65. The number of ether oxygens (including phenoxy) is 2. The molecule has 0 radical (unpaired) electrons. The standard InChI is InChI=1S/C19H12Cl2F2N2O3/c20-11-9-13(21)18(24-10-11)27-16-8-4-2-6-14(16)25-17(26)12-5-1-3-7-15(12)28-19(22)23/h1-10,19H,(H,25,26). The summed E-state index contributed by atoms with van der Waals surface area (Å²) in [7, 11) is 0. The van der Waals surface area contributed by atoms with Crippen LogP contribution >= 0.6 is 23.2 Å². The molecule has 5 nitrogen and oxygen atoms in total. The van der Waals surface area contributed by atoms with Gasteiger partial charge in [0.1, 0.15) is 10.8 Å². The molecule has 28 heavy (non-hydrogen) atoms. The lowest BCUT2D eigenvalue weighted by Gasteiger charge is -2.14. The molecule has 0 aliphatic heterocycles. The molecule has 0 atom stereocenters. The number of para-hydroxylation sites is 3. The van der Waals surface area contributed by atoms with Crippen molar-refractivity contribution in [2.75, 3.05) is 5.32 Å². The van der Waals surface area contributed by atoms with Crippen LogP contribution in [0.15, 0.2) is 60.8 Å². The number of pyridine rings is 1. The Kier molecular flexibility index (Phi) is 6.28. The second-order valence-corrected chi connectivity index (χ2v) is 6.21. The number of carbonyl (C=O) groups is 1. The van der Waals surface area contributed by atoms with Gasteiger partial charge in [0.15, 0.2) is 5.75 Å². The molecule has 1 N–H and O–H groups in total. The number of benzene rings is 2. The van der Waals surface area contributed by atoms with E-state index in [1.807, 2.05) is 0 Å². The van der Waals surface area contributed by atoms with Crippen molar-refractivity contribution in [3.63, 3.8) is 0 Å². The van der Waals surface area contributed by atoms with Crippen molar-refractivity contribution in [1.82, 2.24) is 4.98 Å². The van der Waals surface area contributed by atoms with Crippen LogP contribution in [-0.4, -0.2) is 17.5 Å². The number of alkyl halides is 2. The highest BCUT2D eigenvalue weighted by atomic mass is 35.5. The largest absolute Gasteiger partial charge is 0.435 e. The molecule has 1 aromatic heterocycles. The monoisotopic (exact) mass is 424 g/mol. The Morgan fingerprint density at radius 1 is 1.04 bits per heavy atom. The molecule has 144 valence electrons. The average molecular weight is 425 g/mol. The third kappa shape index (κ3) is 4.88. The van der Waals surface area contributed by atoms with Crippen LogP contribution in [0.3, 0.4) is 0 Å². The Balaban J connectivity index is 1.85. The minimum atomic E-state index is -3.05. The smallest absolute Gasteiger partial charge is 0.387 e. The molecule has 0 aliphatic rings. The van der Waals surface area contributed by atoms with Gasteiger partial charge in [-0.15, -0.1) is 0 Å². The maximum absolute atomic E-state index is 12.6. The van der Waals surface area contributed by atoms with Gasteiger partial charge in [0.05, 0.1) is 16.3 Å². The summed E-state index contributed by atoms with van der Waals surface area (Å²) < 4.78 is 35.2. The summed E-state index contributed by atoms with van der Waals surface area (Å²) in [5.74, 6) is -0.549. The highest BCUT2D eigenvalue weighted by Crippen LogP contribution is 2.33. The summed E-state index contributed by atoms with van der Waals surface area (Å²) in [4.78, 5) is 16.6. The van der Waals surface area contributed by atoms with Crippen molar-refractivity contribution in [3.05, 3.63) is 76.4 Å². The molecule has 2 aromatic carbocycles. The Hall–Kier alpha value is -2.90. The van der Waals surface area contributed by atoms with Crippen LogP contribution in [-0.2, 0) is 0 Å². The van der Waals surface area contributed by atoms with Crippen molar-refractivity contribution in [2.24, 2.45) is 0 Å². The summed E-state index contributed by atoms with van der Waals surface area (Å²) in [6.45, 7) is -3.05. The number of carbonyl (C=O) groups excluding carboxylic acids is 1. The first-order valence-corrected chi connectivity index (χ1v) is 8.63. The molecular weight excluding hydrogens is 413 g/mol. The van der Waals surface area contributed by atoms with Crippen LogP contribution in [0.25, 0.3) is 0 Å². The zero-order valence-electron chi connectivity index (χ0n) is 14.0. The van der Waals surface area contributed by atoms with Crippen molar-refractivity contribution in [2.45, 2.75) is 6.61 Å². The quantitative estimate of drug-likeness (QED) is 0.524. The van der Waals surface area contributed by atoms with Crippen LogP contribution in [0.4, 0.5) is 14.5 Å². The van der Waals surface area contributed by atoms with E-state index in [0.29, 0.717) is 5.02 Å². The van der Waals surface area contributed by atoms with E-state index in [9.17, 15) is 13.6 Å². The SMILES string of the molecule is O=C(Nc1ccccc1Oc1ncc(Cl)cc1Cl)c1ccccc1OC(F)F. The summed E-state index contributed by atoms with van der Waals surface area (Å²) in [6, 6.07) is 13.6. The van der Waals surface area contributed by atoms with Gasteiger partial charge >= 0.3 is 6.61 Å². The first-order chi connectivity index (χ1) is 13.4. The molecule has 0 spiro atoms. The van der Waals surface area contributed by atoms with Crippen molar-refractivity contribution >= 4 is 34.8 Å². The van der Waals surface area contributed by atoms with Gasteiger partial charge in [-0.2, -0.15) is 8.78 Å². The molecular formula is C19H12Cl2F2N2O3. The van der Waals surface area contributed by atoms with Crippen LogP contribution in [0.1, 0.15) is 10.4 Å². The van der Waals surface area contributed by atoms with E-state index >= 15 is 0 Å². The van der Waals surface area contributed by atoms with Gasteiger partial charge in [0.2, 0.25) is 5.88 Å². The van der Waals surface area contributed by atoms with E-state index < -0.39 is 12.5 Å². The van der Waals surface area contributed by atoms with E-state index in [2.05, 4.69) is 15.0 Å². The highest BCUT2D eigenvalue weighted by molar-refractivity contribution is 6.35. The minimum absolute atomic E-state index is 0.0553. The fourth-order valence-electron chi connectivity index (χ4n) is 2.28. The molecule has 0 fully saturated rings. The summed E-state index contributed by atoms with van der Waals surface area (Å²) in [5, 5.41) is 3.13. The first kappa shape index (κ1) is 19.9. The molecule has 0 saturated heterocycles. The lowest BCUT2D eigenvalue weighted by Crippen LogP contribution is -2.15. The van der Waals surface area contributed by atoms with Gasteiger partial charge in [-0.25, -0.2) is 4.98 Å². The normalized spacial score (nSPS) is 10.6. The van der Waals surface area contributed by atoms with Gasteiger partial charge in [0.25, 0.3) is 5.91 Å². The fraction of sp³-hybridized carbons (Fsp3) is 0.0526. The number of halogens is 4. The number of aromatic nitrogens is 1. The molecule has 0 bridgehead atoms. The highest BCUT2D eigenvalue weighted by Gasteiger charge is 2.17. The fourth-order valence-corrected chi connectivity index (χ4v) is 2.70. The van der Waals surface area contributed by atoms with Gasteiger partial charge in [0, 0.05) is 6.20 Å². The number of nitrogens with zero attached hydrogens (tertiary/aromatic N) is 1. The van der Waals surface area contributed by atoms with E-state index in [-0.39, 0.29) is 33.7 Å². The van der Waals surface area contributed by atoms with Gasteiger partial charge in [-0.1, -0.05) is 47.5 Å². The number of nitrogens with one attached hydrogen (secondary N) is 1. The van der Waals surface area contributed by atoms with Gasteiger partial charge in [-0.05, 0) is 30.3 Å². The maximum atomic E-state index is 12.6. The Labute approximate surface area is 168 Å². The first-order valence-electron chi connectivity index (χ1n) is 7.87. The molecule has 3 aromatic rings. The lowest BCUT2D eigenvalue weighted by molar-refractivity contribution is -0.0501. The number of amides is 1. The second-order valence-electron chi connectivity index (χ2n) is 5.37. The van der Waals surface area contributed by atoms with E-state index in [1.165, 1.54) is 36.5 Å². The van der Waals surface area contributed by atoms with E-state index in [0.717, 1.165) is 0 Å². The van der Waals surface area contributed by atoms with E-state index in [4.69, 9.17) is 27.9 Å². The van der Waals surface area contributed by atoms with Crippen LogP contribution in [0.2, 0.25) is 10.0 Å². The molecule has 3 rings (SSSR count). The number of hydrogen-bond donors (Lipinski definition) is 1. The second kappa shape index (κ2) is 8.86. The molecule has 0 saturated carbocycles. The zero-order chi connectivity index (χ0) is 20.1. The van der Waals surface area contributed by atoms with Crippen LogP contribution in [0, 0.1) is 0 Å². The lowest BCUT2D eigenvalue weighted by atomic mass is 10.2. The maximum Gasteiger partial charge on any atom is 0.387 e. The third-order valence-corrected chi connectivity index (χ3v) is 3.94. The molecule has 1 amide bonds. The Bertz CT molecular complexity index is 1000. The van der Waals surface area contributed by atoms with E-state index in [1.54, 1.807) is 24.3 Å². The Morgan fingerprint density at radius 3 is 2.43 bits per heavy atom. The minimum Gasteiger partial charge on any atom is -0.435 e. The Morgan fingerprint density at radius 2 is 1.71 bits per heavy atom. The molecule has 0 unspecified atom stereocenters. The molecule has 0 aliphatic carbocycles. The van der Waals surface area contributed by atoms with Crippen LogP contribution in [0.5, 0.6) is 17.4 Å². The van der Waals surface area contributed by atoms with Gasteiger partial charge in [-0.3, -0.25) is 4.79 Å². The van der Waals surface area contributed by atoms with Gasteiger partial charge < -0.3 is 14.8 Å². The van der Waals surface area contributed by atoms with Crippen molar-refractivity contribution in [3.8, 4) is 17.4 Å². The molecule has 1 heterocycles. The summed E-state index contributed by atoms with van der Waals surface area (Å²) in [6.07, 6.45) is 1.36.